The minimum atomic E-state index is -0.239. The molecule has 1 saturated heterocycles. The fourth-order valence-corrected chi connectivity index (χ4v) is 4.32. The van der Waals surface area contributed by atoms with Crippen LogP contribution in [-0.4, -0.2) is 36.1 Å². The van der Waals surface area contributed by atoms with Crippen molar-refractivity contribution in [2.45, 2.75) is 51.5 Å². The number of rotatable bonds is 6. The highest BCUT2D eigenvalue weighted by molar-refractivity contribution is 5.82. The first-order valence-electron chi connectivity index (χ1n) is 10.5. The topological polar surface area (TPSA) is 41.6 Å². The molecule has 1 heterocycles. The number of hydrogen-bond acceptors (Lipinski definition) is 3. The van der Waals surface area contributed by atoms with E-state index in [2.05, 4.69) is 48.3 Å². The first kappa shape index (κ1) is 20.0. The maximum absolute atomic E-state index is 13.0. The van der Waals surface area contributed by atoms with E-state index in [1.807, 2.05) is 0 Å². The molecule has 2 fully saturated rings. The van der Waals surface area contributed by atoms with Crippen molar-refractivity contribution >= 4 is 5.91 Å². The molecule has 0 radical (unpaired) electrons. The zero-order valence-corrected chi connectivity index (χ0v) is 17.1. The predicted octanol–water partition coefficient (Wildman–Crippen LogP) is 3.85. The second-order valence-corrected chi connectivity index (χ2v) is 8.49. The average Bonchev–Trinajstić information content (AvgIpc) is 3.48. The van der Waals surface area contributed by atoms with Crippen molar-refractivity contribution in [2.75, 3.05) is 13.1 Å². The zero-order chi connectivity index (χ0) is 20.4. The molecule has 4 unspecified atom stereocenters. The largest absolute Gasteiger partial charge is 0.373 e. The van der Waals surface area contributed by atoms with E-state index < -0.39 is 0 Å². The van der Waals surface area contributed by atoms with E-state index in [0.717, 1.165) is 37.2 Å². The molecule has 29 heavy (non-hydrogen) atoms. The van der Waals surface area contributed by atoms with Crippen LogP contribution in [0.25, 0.3) is 0 Å². The molecule has 2 aliphatic rings. The third-order valence-corrected chi connectivity index (χ3v) is 5.82. The number of halogens is 1. The van der Waals surface area contributed by atoms with Gasteiger partial charge in [-0.05, 0) is 55.0 Å². The number of ether oxygens (including phenoxy) is 1. The fourth-order valence-electron chi connectivity index (χ4n) is 4.32. The highest BCUT2D eigenvalue weighted by Crippen LogP contribution is 2.47. The summed E-state index contributed by atoms with van der Waals surface area (Å²) in [6.07, 6.45) is 1.39. The second-order valence-electron chi connectivity index (χ2n) is 8.49. The van der Waals surface area contributed by atoms with Crippen molar-refractivity contribution in [2.24, 2.45) is 5.92 Å². The van der Waals surface area contributed by atoms with Gasteiger partial charge in [0, 0.05) is 32.1 Å². The molecular weight excluding hydrogens is 367 g/mol. The summed E-state index contributed by atoms with van der Waals surface area (Å²) in [5.41, 5.74) is 3.42. The van der Waals surface area contributed by atoms with Gasteiger partial charge in [-0.25, -0.2) is 4.39 Å². The molecule has 2 aromatic rings. The molecule has 0 spiro atoms. The Morgan fingerprint density at radius 1 is 1.03 bits per heavy atom. The standard InChI is InChI=1S/C24H29FN2O2/c1-16-13-27(14-17(2)29-16)15-19-5-3-18(4-6-19)12-26-24(28)23-11-22(23)20-7-9-21(25)10-8-20/h3-10,16-17,22-23H,11-15H2,1-2H3,(H,26,28). The van der Waals surface area contributed by atoms with Crippen molar-refractivity contribution < 1.29 is 13.9 Å². The van der Waals surface area contributed by atoms with Gasteiger partial charge in [0.15, 0.2) is 0 Å². The first-order valence-corrected chi connectivity index (χ1v) is 10.5. The number of carbonyl (C=O) groups excluding carboxylic acids is 1. The molecule has 1 amide bonds. The van der Waals surface area contributed by atoms with Crippen molar-refractivity contribution in [3.8, 4) is 0 Å². The Bertz CT molecular complexity index is 827. The number of carbonyl (C=O) groups is 1. The smallest absolute Gasteiger partial charge is 0.224 e. The van der Waals surface area contributed by atoms with Gasteiger partial charge >= 0.3 is 0 Å². The summed E-state index contributed by atoms with van der Waals surface area (Å²) in [6.45, 7) is 7.62. The highest BCUT2D eigenvalue weighted by Gasteiger charge is 2.43. The van der Waals surface area contributed by atoms with Crippen molar-refractivity contribution in [3.63, 3.8) is 0 Å². The number of benzene rings is 2. The molecule has 2 aromatic carbocycles. The molecule has 154 valence electrons. The van der Waals surface area contributed by atoms with E-state index in [-0.39, 0.29) is 35.8 Å². The molecule has 0 aromatic heterocycles. The van der Waals surface area contributed by atoms with Gasteiger partial charge in [-0.2, -0.15) is 0 Å². The van der Waals surface area contributed by atoms with E-state index in [4.69, 9.17) is 4.74 Å². The van der Waals surface area contributed by atoms with Crippen LogP contribution in [0.1, 0.15) is 42.9 Å². The molecule has 4 nitrogen and oxygen atoms in total. The summed E-state index contributed by atoms with van der Waals surface area (Å²) >= 11 is 0. The number of morpholine rings is 1. The maximum atomic E-state index is 13.0. The highest BCUT2D eigenvalue weighted by atomic mass is 19.1. The van der Waals surface area contributed by atoms with Gasteiger partial charge in [-0.3, -0.25) is 9.69 Å². The fraction of sp³-hybridized carbons (Fsp3) is 0.458. The zero-order valence-electron chi connectivity index (χ0n) is 17.1. The van der Waals surface area contributed by atoms with E-state index in [1.54, 1.807) is 12.1 Å². The van der Waals surface area contributed by atoms with Gasteiger partial charge in [0.25, 0.3) is 0 Å². The van der Waals surface area contributed by atoms with E-state index in [0.29, 0.717) is 6.54 Å². The van der Waals surface area contributed by atoms with Gasteiger partial charge < -0.3 is 10.1 Å². The summed E-state index contributed by atoms with van der Waals surface area (Å²) in [6, 6.07) is 14.9. The lowest BCUT2D eigenvalue weighted by atomic mass is 10.1. The summed E-state index contributed by atoms with van der Waals surface area (Å²) in [5, 5.41) is 3.04. The normalized spacial score (nSPS) is 26.9. The Kier molecular flexibility index (Phi) is 5.97. The lowest BCUT2D eigenvalue weighted by molar-refractivity contribution is -0.122. The van der Waals surface area contributed by atoms with Crippen molar-refractivity contribution in [3.05, 3.63) is 71.0 Å². The van der Waals surface area contributed by atoms with Crippen LogP contribution in [0, 0.1) is 11.7 Å². The number of amides is 1. The number of nitrogens with zero attached hydrogens (tertiary/aromatic N) is 1. The van der Waals surface area contributed by atoms with Crippen LogP contribution in [0.4, 0.5) is 4.39 Å². The van der Waals surface area contributed by atoms with Gasteiger partial charge in [0.2, 0.25) is 5.91 Å². The Hall–Kier alpha value is -2.24. The Balaban J connectivity index is 1.24. The average molecular weight is 397 g/mol. The first-order chi connectivity index (χ1) is 14.0. The van der Waals surface area contributed by atoms with Crippen molar-refractivity contribution in [1.82, 2.24) is 10.2 Å². The Morgan fingerprint density at radius 3 is 2.31 bits per heavy atom. The molecule has 1 N–H and O–H groups in total. The molecular formula is C24H29FN2O2. The van der Waals surface area contributed by atoms with E-state index in [9.17, 15) is 9.18 Å². The van der Waals surface area contributed by atoms with Crippen LogP contribution in [-0.2, 0) is 22.6 Å². The monoisotopic (exact) mass is 396 g/mol. The minimum absolute atomic E-state index is 0.00466. The molecule has 1 saturated carbocycles. The third-order valence-electron chi connectivity index (χ3n) is 5.82. The molecule has 5 heteroatoms. The van der Waals surface area contributed by atoms with E-state index >= 15 is 0 Å². The summed E-state index contributed by atoms with van der Waals surface area (Å²) in [7, 11) is 0. The number of nitrogens with one attached hydrogen (secondary N) is 1. The maximum Gasteiger partial charge on any atom is 0.224 e. The van der Waals surface area contributed by atoms with Gasteiger partial charge in [-0.1, -0.05) is 36.4 Å². The molecule has 1 aliphatic heterocycles. The lowest BCUT2D eigenvalue weighted by Crippen LogP contribution is -2.44. The Morgan fingerprint density at radius 2 is 1.66 bits per heavy atom. The van der Waals surface area contributed by atoms with Crippen LogP contribution in [0.2, 0.25) is 0 Å². The summed E-state index contributed by atoms with van der Waals surface area (Å²) in [4.78, 5) is 14.8. The van der Waals surface area contributed by atoms with Crippen molar-refractivity contribution in [1.29, 1.82) is 0 Å². The number of hydrogen-bond donors (Lipinski definition) is 1. The molecule has 1 aliphatic carbocycles. The van der Waals surface area contributed by atoms with Crippen LogP contribution < -0.4 is 5.32 Å². The molecule has 4 atom stereocenters. The minimum Gasteiger partial charge on any atom is -0.373 e. The summed E-state index contributed by atoms with van der Waals surface area (Å²) in [5.74, 6) is 0.0671. The van der Waals surface area contributed by atoms with Gasteiger partial charge in [0.05, 0.1) is 12.2 Å². The van der Waals surface area contributed by atoms with Crippen LogP contribution in [0.5, 0.6) is 0 Å². The second kappa shape index (κ2) is 8.64. The third kappa shape index (κ3) is 5.22. The van der Waals surface area contributed by atoms with Crippen LogP contribution in [0.15, 0.2) is 48.5 Å². The Labute approximate surface area is 172 Å². The molecule has 0 bridgehead atoms. The molecule has 4 rings (SSSR count). The van der Waals surface area contributed by atoms with Crippen LogP contribution in [0.3, 0.4) is 0 Å². The predicted molar refractivity (Wildman–Crippen MR) is 111 cm³/mol. The SMILES string of the molecule is CC1CN(Cc2ccc(CNC(=O)C3CC3c3ccc(F)cc3)cc2)CC(C)O1. The van der Waals surface area contributed by atoms with Crippen LogP contribution >= 0.6 is 0 Å². The van der Waals surface area contributed by atoms with E-state index in [1.165, 1.54) is 17.7 Å². The summed E-state index contributed by atoms with van der Waals surface area (Å²) < 4.78 is 18.8. The lowest BCUT2D eigenvalue weighted by Gasteiger charge is -2.35. The van der Waals surface area contributed by atoms with Gasteiger partial charge in [0.1, 0.15) is 5.82 Å². The quantitative estimate of drug-likeness (QED) is 0.806. The van der Waals surface area contributed by atoms with Gasteiger partial charge in [-0.15, -0.1) is 0 Å².